The summed E-state index contributed by atoms with van der Waals surface area (Å²) >= 11 is 0. The summed E-state index contributed by atoms with van der Waals surface area (Å²) in [6.07, 6.45) is 2.16. The molecule has 0 amide bonds. The van der Waals surface area contributed by atoms with Crippen molar-refractivity contribution in [3.63, 3.8) is 0 Å². The van der Waals surface area contributed by atoms with Crippen molar-refractivity contribution in [2.75, 3.05) is 11.5 Å². The molecular weight excluding hydrogens is 322 g/mol. The van der Waals surface area contributed by atoms with Crippen LogP contribution in [-0.4, -0.2) is 12.6 Å². The highest BCUT2D eigenvalue weighted by atomic mass is 16.5. The van der Waals surface area contributed by atoms with E-state index in [0.717, 1.165) is 36.4 Å². The number of hydrogen-bond acceptors (Lipinski definition) is 2. The lowest BCUT2D eigenvalue weighted by Gasteiger charge is -2.24. The fourth-order valence-electron chi connectivity index (χ4n) is 2.66. The number of guanidine groups is 1. The molecule has 4 nitrogen and oxygen atoms in total. The van der Waals surface area contributed by atoms with Gasteiger partial charge in [0.05, 0.1) is 13.2 Å². The molecule has 2 aromatic carbocycles. The van der Waals surface area contributed by atoms with E-state index in [1.165, 1.54) is 5.56 Å². The van der Waals surface area contributed by atoms with Gasteiger partial charge in [-0.1, -0.05) is 58.4 Å². The van der Waals surface area contributed by atoms with Gasteiger partial charge in [0.25, 0.3) is 0 Å². The summed E-state index contributed by atoms with van der Waals surface area (Å²) in [6, 6.07) is 16.3. The number of hydrogen-bond donors (Lipinski definition) is 2. The summed E-state index contributed by atoms with van der Waals surface area (Å²) in [4.78, 5) is 1.79. The van der Waals surface area contributed by atoms with Gasteiger partial charge in [-0.3, -0.25) is 5.41 Å². The molecule has 2 aromatic rings. The van der Waals surface area contributed by atoms with E-state index in [0.29, 0.717) is 6.54 Å². The monoisotopic (exact) mass is 353 g/mol. The molecule has 140 valence electrons. The zero-order valence-electron chi connectivity index (χ0n) is 16.4. The summed E-state index contributed by atoms with van der Waals surface area (Å²) in [6.45, 7) is 10.0. The number of rotatable bonds is 7. The first-order valence-corrected chi connectivity index (χ1v) is 9.25. The lowest BCUT2D eigenvalue weighted by molar-refractivity contribution is 0.309. The Labute approximate surface area is 157 Å². The Morgan fingerprint density at radius 2 is 1.65 bits per heavy atom. The van der Waals surface area contributed by atoms with Crippen molar-refractivity contribution in [3.8, 4) is 5.75 Å². The summed E-state index contributed by atoms with van der Waals surface area (Å²) in [5, 5.41) is 7.94. The third-order valence-electron chi connectivity index (χ3n) is 4.37. The second-order valence-corrected chi connectivity index (χ2v) is 7.61. The van der Waals surface area contributed by atoms with Crippen LogP contribution in [0.3, 0.4) is 0 Å². The van der Waals surface area contributed by atoms with Gasteiger partial charge in [-0.25, -0.2) is 0 Å². The number of ether oxygens (including phenoxy) is 1. The lowest BCUT2D eigenvalue weighted by Crippen LogP contribution is -2.35. The van der Waals surface area contributed by atoms with Gasteiger partial charge in [-0.05, 0) is 47.2 Å². The highest BCUT2D eigenvalue weighted by Gasteiger charge is 2.14. The Hall–Kier alpha value is -2.49. The molecular formula is C22H31N3O. The van der Waals surface area contributed by atoms with Crippen molar-refractivity contribution < 1.29 is 4.74 Å². The average Bonchev–Trinajstić information content (AvgIpc) is 2.60. The Bertz CT molecular complexity index is 700. The van der Waals surface area contributed by atoms with Crippen molar-refractivity contribution in [1.82, 2.24) is 0 Å². The van der Waals surface area contributed by atoms with Crippen LogP contribution in [-0.2, 0) is 12.0 Å². The summed E-state index contributed by atoms with van der Waals surface area (Å²) in [7, 11) is 0. The van der Waals surface area contributed by atoms with E-state index in [1.54, 1.807) is 4.90 Å². The predicted molar refractivity (Wildman–Crippen MR) is 110 cm³/mol. The van der Waals surface area contributed by atoms with Crippen molar-refractivity contribution in [1.29, 1.82) is 5.41 Å². The maximum atomic E-state index is 7.94. The largest absolute Gasteiger partial charge is 0.494 e. The van der Waals surface area contributed by atoms with Crippen LogP contribution in [0.4, 0.5) is 5.69 Å². The normalized spacial score (nSPS) is 11.2. The third kappa shape index (κ3) is 5.51. The molecule has 0 spiro atoms. The standard InChI is InChI=1S/C22H31N3O/c1-5-6-15-26-20-13-11-19(12-14-20)25(21(23)24)16-17-7-9-18(10-8-17)22(2,3)4/h7-14H,5-6,15-16H2,1-4H3,(H3,23,24). The van der Waals surface area contributed by atoms with Gasteiger partial charge >= 0.3 is 0 Å². The molecule has 0 aliphatic rings. The molecule has 0 radical (unpaired) electrons. The van der Waals surface area contributed by atoms with Gasteiger partial charge in [-0.15, -0.1) is 0 Å². The minimum atomic E-state index is 0.0320. The summed E-state index contributed by atoms with van der Waals surface area (Å²) in [5.41, 5.74) is 9.27. The second kappa shape index (κ2) is 8.75. The highest BCUT2D eigenvalue weighted by molar-refractivity contribution is 5.92. The van der Waals surface area contributed by atoms with Crippen LogP contribution in [0, 0.1) is 5.41 Å². The van der Waals surface area contributed by atoms with Crippen LogP contribution in [0.25, 0.3) is 0 Å². The van der Waals surface area contributed by atoms with Gasteiger partial charge in [-0.2, -0.15) is 0 Å². The maximum Gasteiger partial charge on any atom is 0.193 e. The van der Waals surface area contributed by atoms with E-state index in [1.807, 2.05) is 24.3 Å². The molecule has 0 aliphatic carbocycles. The first kappa shape index (κ1) is 19.8. The number of nitrogens with zero attached hydrogens (tertiary/aromatic N) is 1. The van der Waals surface area contributed by atoms with Crippen molar-refractivity contribution in [2.45, 2.75) is 52.5 Å². The topological polar surface area (TPSA) is 62.3 Å². The second-order valence-electron chi connectivity index (χ2n) is 7.61. The van der Waals surface area contributed by atoms with Crippen LogP contribution < -0.4 is 15.4 Å². The number of anilines is 1. The van der Waals surface area contributed by atoms with Gasteiger partial charge in [0.1, 0.15) is 5.75 Å². The van der Waals surface area contributed by atoms with E-state index < -0.39 is 0 Å². The number of benzene rings is 2. The Kier molecular flexibility index (Phi) is 6.67. The van der Waals surface area contributed by atoms with Crippen LogP contribution in [0.2, 0.25) is 0 Å². The summed E-state index contributed by atoms with van der Waals surface area (Å²) in [5.74, 6) is 0.879. The zero-order chi connectivity index (χ0) is 19.2. The molecule has 0 aromatic heterocycles. The third-order valence-corrected chi connectivity index (χ3v) is 4.37. The van der Waals surface area contributed by atoms with Crippen molar-refractivity contribution in [2.24, 2.45) is 5.73 Å². The van der Waals surface area contributed by atoms with Gasteiger partial charge in [0.2, 0.25) is 0 Å². The first-order valence-electron chi connectivity index (χ1n) is 9.25. The molecule has 2 rings (SSSR count). The Balaban J connectivity index is 2.10. The van der Waals surface area contributed by atoms with Crippen LogP contribution in [0.5, 0.6) is 5.75 Å². The zero-order valence-corrected chi connectivity index (χ0v) is 16.4. The smallest absolute Gasteiger partial charge is 0.193 e. The molecule has 4 heteroatoms. The quantitative estimate of drug-likeness (QED) is 0.415. The Morgan fingerprint density at radius 3 is 2.15 bits per heavy atom. The lowest BCUT2D eigenvalue weighted by atomic mass is 9.87. The fraction of sp³-hybridized carbons (Fsp3) is 0.409. The molecule has 3 N–H and O–H groups in total. The van der Waals surface area contributed by atoms with Crippen LogP contribution in [0.15, 0.2) is 48.5 Å². The molecule has 0 saturated heterocycles. The van der Waals surface area contributed by atoms with E-state index in [2.05, 4.69) is 52.0 Å². The van der Waals surface area contributed by atoms with E-state index in [9.17, 15) is 0 Å². The average molecular weight is 354 g/mol. The molecule has 26 heavy (non-hydrogen) atoms. The number of nitrogens with one attached hydrogen (secondary N) is 1. The molecule has 0 unspecified atom stereocenters. The van der Waals surface area contributed by atoms with Gasteiger partial charge < -0.3 is 15.4 Å². The SMILES string of the molecule is CCCCOc1ccc(N(Cc2ccc(C(C)(C)C)cc2)C(=N)N)cc1. The fourth-order valence-corrected chi connectivity index (χ4v) is 2.66. The predicted octanol–water partition coefficient (Wildman–Crippen LogP) is 5.06. The molecule has 0 heterocycles. The van der Waals surface area contributed by atoms with Gasteiger partial charge in [0, 0.05) is 5.69 Å². The van der Waals surface area contributed by atoms with E-state index >= 15 is 0 Å². The summed E-state index contributed by atoms with van der Waals surface area (Å²) < 4.78 is 5.70. The number of unbranched alkanes of at least 4 members (excludes halogenated alkanes) is 1. The minimum absolute atomic E-state index is 0.0320. The highest BCUT2D eigenvalue weighted by Crippen LogP contribution is 2.24. The van der Waals surface area contributed by atoms with E-state index in [-0.39, 0.29) is 11.4 Å². The number of nitrogens with two attached hydrogens (primary N) is 1. The van der Waals surface area contributed by atoms with Crippen LogP contribution >= 0.6 is 0 Å². The Morgan fingerprint density at radius 1 is 1.04 bits per heavy atom. The molecule has 0 bridgehead atoms. The molecule has 0 fully saturated rings. The first-order chi connectivity index (χ1) is 12.3. The van der Waals surface area contributed by atoms with Crippen molar-refractivity contribution in [3.05, 3.63) is 59.7 Å². The minimum Gasteiger partial charge on any atom is -0.494 e. The molecule has 0 atom stereocenters. The molecule has 0 saturated carbocycles. The molecule has 0 aliphatic heterocycles. The van der Waals surface area contributed by atoms with Crippen molar-refractivity contribution >= 4 is 11.6 Å². The van der Waals surface area contributed by atoms with E-state index in [4.69, 9.17) is 15.9 Å². The van der Waals surface area contributed by atoms with Gasteiger partial charge in [0.15, 0.2) is 5.96 Å². The maximum absolute atomic E-state index is 7.94. The van der Waals surface area contributed by atoms with Crippen LogP contribution in [0.1, 0.15) is 51.7 Å².